The van der Waals surface area contributed by atoms with E-state index in [1.807, 2.05) is 0 Å². The van der Waals surface area contributed by atoms with Crippen LogP contribution >= 0.6 is 11.6 Å². The van der Waals surface area contributed by atoms with Crippen molar-refractivity contribution in [3.8, 4) is 0 Å². The minimum absolute atomic E-state index is 0.110. The number of benzene rings is 1. The maximum Gasteiger partial charge on any atom is 0.416 e. The fourth-order valence-corrected chi connectivity index (χ4v) is 1.67. The zero-order valence-corrected chi connectivity index (χ0v) is 11.4. The van der Waals surface area contributed by atoms with Gasteiger partial charge in [0, 0.05) is 13.2 Å². The van der Waals surface area contributed by atoms with E-state index in [0.717, 1.165) is 12.1 Å². The summed E-state index contributed by atoms with van der Waals surface area (Å²) in [4.78, 5) is 0. The average molecular weight is 336 g/mol. The van der Waals surface area contributed by atoms with Crippen LogP contribution in [0.3, 0.4) is 0 Å². The molecule has 0 saturated carbocycles. The van der Waals surface area contributed by atoms with E-state index in [9.17, 15) is 26.3 Å². The second-order valence-corrected chi connectivity index (χ2v) is 4.55. The van der Waals surface area contributed by atoms with Gasteiger partial charge in [0.15, 0.2) is 0 Å². The molecule has 1 aromatic rings. The quantitative estimate of drug-likeness (QED) is 0.599. The summed E-state index contributed by atoms with van der Waals surface area (Å²) in [5.41, 5.74) is -0.591. The molecule has 0 aliphatic heterocycles. The minimum atomic E-state index is -4.48. The molecule has 1 rings (SSSR count). The molecule has 0 atom stereocenters. The molecule has 2 nitrogen and oxygen atoms in total. The Morgan fingerprint density at radius 3 is 2.29 bits per heavy atom. The topological polar surface area (TPSA) is 21.3 Å². The summed E-state index contributed by atoms with van der Waals surface area (Å²) in [6, 6.07) is 2.82. The number of ether oxygens (including phenoxy) is 1. The van der Waals surface area contributed by atoms with Gasteiger partial charge in [-0.2, -0.15) is 26.3 Å². The lowest BCUT2D eigenvalue weighted by atomic mass is 10.2. The molecule has 0 bridgehead atoms. The van der Waals surface area contributed by atoms with Crippen molar-refractivity contribution in [1.29, 1.82) is 0 Å². The predicted molar refractivity (Wildman–Crippen MR) is 66.4 cm³/mol. The lowest BCUT2D eigenvalue weighted by Crippen LogP contribution is -2.18. The molecule has 0 amide bonds. The Bertz CT molecular complexity index is 460. The van der Waals surface area contributed by atoms with Gasteiger partial charge in [0.2, 0.25) is 0 Å². The van der Waals surface area contributed by atoms with Crippen molar-refractivity contribution in [3.05, 3.63) is 28.8 Å². The molecule has 21 heavy (non-hydrogen) atoms. The van der Waals surface area contributed by atoms with Crippen molar-refractivity contribution in [1.82, 2.24) is 0 Å². The zero-order chi connectivity index (χ0) is 16.1. The molecule has 0 aliphatic rings. The number of alkyl halides is 6. The summed E-state index contributed by atoms with van der Waals surface area (Å²) < 4.78 is 76.9. The third-order valence-electron chi connectivity index (χ3n) is 2.34. The van der Waals surface area contributed by atoms with Gasteiger partial charge in [-0.3, -0.25) is 0 Å². The first kappa shape index (κ1) is 17.9. The van der Waals surface area contributed by atoms with Gasteiger partial charge in [0.25, 0.3) is 0 Å². The van der Waals surface area contributed by atoms with Gasteiger partial charge in [-0.25, -0.2) is 0 Å². The van der Waals surface area contributed by atoms with Gasteiger partial charge in [-0.15, -0.1) is 0 Å². The largest absolute Gasteiger partial charge is 0.416 e. The van der Waals surface area contributed by atoms with Crippen molar-refractivity contribution in [2.24, 2.45) is 0 Å². The number of anilines is 1. The standard InChI is InChI=1S/C12H12ClF6NO/c13-9-6-8(12(17,18)19)2-3-10(9)20-4-1-5-21-7-11(14,15)16/h2-3,6,20H,1,4-5,7H2. The Morgan fingerprint density at radius 1 is 1.10 bits per heavy atom. The first-order chi connectivity index (χ1) is 9.59. The minimum Gasteiger partial charge on any atom is -0.384 e. The van der Waals surface area contributed by atoms with E-state index in [4.69, 9.17) is 11.6 Å². The van der Waals surface area contributed by atoms with Gasteiger partial charge in [0.05, 0.1) is 16.3 Å². The van der Waals surface area contributed by atoms with E-state index < -0.39 is 24.5 Å². The third kappa shape index (κ3) is 6.90. The summed E-state index contributed by atoms with van der Waals surface area (Å²) >= 11 is 5.69. The van der Waals surface area contributed by atoms with E-state index in [1.54, 1.807) is 0 Å². The molecule has 0 fully saturated rings. The van der Waals surface area contributed by atoms with Gasteiger partial charge in [-0.05, 0) is 24.6 Å². The highest BCUT2D eigenvalue weighted by atomic mass is 35.5. The average Bonchev–Trinajstić information content (AvgIpc) is 2.32. The molecule has 1 N–H and O–H groups in total. The highest BCUT2D eigenvalue weighted by Crippen LogP contribution is 2.33. The lowest BCUT2D eigenvalue weighted by molar-refractivity contribution is -0.173. The number of hydrogen-bond acceptors (Lipinski definition) is 2. The second-order valence-electron chi connectivity index (χ2n) is 4.14. The molecule has 0 radical (unpaired) electrons. The van der Waals surface area contributed by atoms with Crippen LogP contribution in [0.2, 0.25) is 5.02 Å². The van der Waals surface area contributed by atoms with Crippen LogP contribution in [0.25, 0.3) is 0 Å². The van der Waals surface area contributed by atoms with Crippen LogP contribution < -0.4 is 5.32 Å². The van der Waals surface area contributed by atoms with Crippen molar-refractivity contribution in [2.75, 3.05) is 25.1 Å². The van der Waals surface area contributed by atoms with Crippen molar-refractivity contribution in [2.45, 2.75) is 18.8 Å². The van der Waals surface area contributed by atoms with Gasteiger partial charge < -0.3 is 10.1 Å². The van der Waals surface area contributed by atoms with Crippen LogP contribution in [-0.2, 0) is 10.9 Å². The van der Waals surface area contributed by atoms with E-state index in [1.165, 1.54) is 6.07 Å². The van der Waals surface area contributed by atoms with Crippen LogP contribution in [-0.4, -0.2) is 25.9 Å². The Balaban J connectivity index is 2.36. The number of rotatable bonds is 6. The highest BCUT2D eigenvalue weighted by molar-refractivity contribution is 6.33. The van der Waals surface area contributed by atoms with Crippen LogP contribution in [0, 0.1) is 0 Å². The monoisotopic (exact) mass is 335 g/mol. The molecule has 0 aromatic heterocycles. The van der Waals surface area contributed by atoms with E-state index in [0.29, 0.717) is 0 Å². The molecule has 0 spiro atoms. The fourth-order valence-electron chi connectivity index (χ4n) is 1.42. The van der Waals surface area contributed by atoms with Gasteiger partial charge in [0.1, 0.15) is 6.61 Å². The van der Waals surface area contributed by atoms with E-state index in [2.05, 4.69) is 10.1 Å². The van der Waals surface area contributed by atoms with E-state index in [-0.39, 0.29) is 30.3 Å². The Morgan fingerprint density at radius 2 is 1.76 bits per heavy atom. The fraction of sp³-hybridized carbons (Fsp3) is 0.500. The third-order valence-corrected chi connectivity index (χ3v) is 2.66. The molecular weight excluding hydrogens is 324 g/mol. The first-order valence-corrected chi connectivity index (χ1v) is 6.22. The molecule has 1 aromatic carbocycles. The molecular formula is C12H12ClF6NO. The van der Waals surface area contributed by atoms with Crippen LogP contribution in [0.5, 0.6) is 0 Å². The lowest BCUT2D eigenvalue weighted by Gasteiger charge is -2.12. The Kier molecular flexibility index (Phi) is 6.15. The summed E-state index contributed by atoms with van der Waals surface area (Å²) in [7, 11) is 0. The smallest absolute Gasteiger partial charge is 0.384 e. The Labute approximate surface area is 122 Å². The second kappa shape index (κ2) is 7.22. The number of hydrogen-bond donors (Lipinski definition) is 1. The summed E-state index contributed by atoms with van der Waals surface area (Å²) in [6.07, 6.45) is -8.59. The Hall–Kier alpha value is -1.15. The highest BCUT2D eigenvalue weighted by Gasteiger charge is 2.30. The molecule has 9 heteroatoms. The van der Waals surface area contributed by atoms with Gasteiger partial charge in [-0.1, -0.05) is 11.6 Å². The molecule has 120 valence electrons. The summed E-state index contributed by atoms with van der Waals surface area (Å²) in [6.45, 7) is -1.22. The normalized spacial score (nSPS) is 12.5. The number of halogens is 7. The van der Waals surface area contributed by atoms with Crippen LogP contribution in [0.15, 0.2) is 18.2 Å². The molecule has 0 unspecified atom stereocenters. The molecule has 0 saturated heterocycles. The summed E-state index contributed by atoms with van der Waals surface area (Å²) in [5, 5.41) is 2.62. The maximum atomic E-state index is 12.4. The first-order valence-electron chi connectivity index (χ1n) is 5.85. The maximum absolute atomic E-state index is 12.4. The summed E-state index contributed by atoms with van der Waals surface area (Å²) in [5.74, 6) is 0. The van der Waals surface area contributed by atoms with Crippen molar-refractivity contribution >= 4 is 17.3 Å². The molecule has 0 aliphatic carbocycles. The zero-order valence-electron chi connectivity index (χ0n) is 10.6. The predicted octanol–water partition coefficient (Wildman–Crippen LogP) is 4.74. The van der Waals surface area contributed by atoms with Gasteiger partial charge >= 0.3 is 12.4 Å². The van der Waals surface area contributed by atoms with Crippen molar-refractivity contribution < 1.29 is 31.1 Å². The van der Waals surface area contributed by atoms with Crippen LogP contribution in [0.4, 0.5) is 32.0 Å². The van der Waals surface area contributed by atoms with Crippen LogP contribution in [0.1, 0.15) is 12.0 Å². The SMILES string of the molecule is FC(F)(F)COCCCNc1ccc(C(F)(F)F)cc1Cl. The van der Waals surface area contributed by atoms with E-state index >= 15 is 0 Å². The van der Waals surface area contributed by atoms with Crippen molar-refractivity contribution in [3.63, 3.8) is 0 Å². The molecule has 0 heterocycles. The number of nitrogens with one attached hydrogen (secondary N) is 1.